The van der Waals surface area contributed by atoms with Gasteiger partial charge in [-0.1, -0.05) is 11.6 Å². The molecule has 2 rings (SSSR count). The zero-order chi connectivity index (χ0) is 11.7. The van der Waals surface area contributed by atoms with E-state index in [1.807, 2.05) is 0 Å². The van der Waals surface area contributed by atoms with Gasteiger partial charge in [-0.15, -0.1) is 0 Å². The topological polar surface area (TPSA) is 68.1 Å². The van der Waals surface area contributed by atoms with Gasteiger partial charge in [-0.05, 0) is 12.1 Å². The largest absolute Gasteiger partial charge is 0.373 e. The van der Waals surface area contributed by atoms with Crippen molar-refractivity contribution in [3.05, 3.63) is 39.4 Å². The van der Waals surface area contributed by atoms with Gasteiger partial charge in [0, 0.05) is 24.6 Å². The Bertz CT molecular complexity index is 571. The Morgan fingerprint density at radius 2 is 2.19 bits per heavy atom. The predicted molar refractivity (Wildman–Crippen MR) is 63.0 cm³/mol. The highest BCUT2D eigenvalue weighted by atomic mass is 35.5. The Kier molecular flexibility index (Phi) is 2.62. The van der Waals surface area contributed by atoms with Crippen LogP contribution in [0.2, 0.25) is 5.02 Å². The summed E-state index contributed by atoms with van der Waals surface area (Å²) in [6.07, 6.45) is 0. The van der Waals surface area contributed by atoms with Crippen molar-refractivity contribution in [3.8, 4) is 0 Å². The number of anilines is 1. The molecule has 0 spiro atoms. The summed E-state index contributed by atoms with van der Waals surface area (Å²) in [6.45, 7) is 0. The fourth-order valence-corrected chi connectivity index (χ4v) is 1.67. The summed E-state index contributed by atoms with van der Waals surface area (Å²) in [5.74, 6) is 0.631. The zero-order valence-corrected chi connectivity index (χ0v) is 9.15. The van der Waals surface area contributed by atoms with Gasteiger partial charge in [-0.3, -0.25) is 10.1 Å². The summed E-state index contributed by atoms with van der Waals surface area (Å²) >= 11 is 6.02. The predicted octanol–water partition coefficient (Wildman–Crippen LogP) is 2.84. The molecule has 2 aromatic rings. The molecular formula is C10H8ClN3O2. The van der Waals surface area contributed by atoms with Crippen LogP contribution < -0.4 is 5.32 Å². The monoisotopic (exact) mass is 237 g/mol. The summed E-state index contributed by atoms with van der Waals surface area (Å²) in [5.41, 5.74) is 0.635. The molecule has 0 aliphatic carbocycles. The molecule has 82 valence electrons. The van der Waals surface area contributed by atoms with Crippen molar-refractivity contribution < 1.29 is 4.92 Å². The van der Waals surface area contributed by atoms with E-state index in [1.54, 1.807) is 19.2 Å². The highest BCUT2D eigenvalue weighted by Crippen LogP contribution is 2.28. The summed E-state index contributed by atoms with van der Waals surface area (Å²) in [7, 11) is 1.73. The zero-order valence-electron chi connectivity index (χ0n) is 8.40. The van der Waals surface area contributed by atoms with E-state index in [0.717, 1.165) is 0 Å². The van der Waals surface area contributed by atoms with Crippen LogP contribution in [0.1, 0.15) is 0 Å². The maximum absolute atomic E-state index is 10.6. The Hall–Kier alpha value is -1.88. The minimum absolute atomic E-state index is 0.00778. The van der Waals surface area contributed by atoms with Crippen LogP contribution in [0.3, 0.4) is 0 Å². The summed E-state index contributed by atoms with van der Waals surface area (Å²) < 4.78 is 0. The molecule has 0 aliphatic heterocycles. The van der Waals surface area contributed by atoms with Crippen molar-refractivity contribution in [1.82, 2.24) is 4.98 Å². The molecule has 5 nitrogen and oxygen atoms in total. The van der Waals surface area contributed by atoms with Gasteiger partial charge in [0.15, 0.2) is 0 Å². The number of nitro groups is 1. The molecule has 0 saturated carbocycles. The third-order valence-corrected chi connectivity index (χ3v) is 2.52. The van der Waals surface area contributed by atoms with Crippen LogP contribution in [0, 0.1) is 10.1 Å². The molecule has 0 fully saturated rings. The fraction of sp³-hybridized carbons (Fsp3) is 0.100. The molecular weight excluding hydrogens is 230 g/mol. The van der Waals surface area contributed by atoms with E-state index in [9.17, 15) is 10.1 Å². The van der Waals surface area contributed by atoms with Crippen LogP contribution in [-0.2, 0) is 0 Å². The van der Waals surface area contributed by atoms with E-state index in [2.05, 4.69) is 10.3 Å². The van der Waals surface area contributed by atoms with Crippen molar-refractivity contribution in [2.24, 2.45) is 0 Å². The Balaban J connectivity index is 2.70. The molecule has 0 atom stereocenters. The lowest BCUT2D eigenvalue weighted by Gasteiger charge is -2.04. The van der Waals surface area contributed by atoms with Crippen molar-refractivity contribution in [2.75, 3.05) is 12.4 Å². The number of nitro benzene ring substituents is 1. The van der Waals surface area contributed by atoms with Crippen LogP contribution in [0.4, 0.5) is 11.5 Å². The number of benzene rings is 1. The third kappa shape index (κ3) is 1.77. The molecule has 0 saturated heterocycles. The second-order valence-corrected chi connectivity index (χ2v) is 3.61. The van der Waals surface area contributed by atoms with Crippen molar-refractivity contribution >= 4 is 34.0 Å². The van der Waals surface area contributed by atoms with Crippen LogP contribution in [0.5, 0.6) is 0 Å². The molecule has 1 aromatic heterocycles. The molecule has 0 amide bonds. The van der Waals surface area contributed by atoms with Crippen molar-refractivity contribution in [3.63, 3.8) is 0 Å². The second-order valence-electron chi connectivity index (χ2n) is 3.20. The normalized spacial score (nSPS) is 10.4. The number of hydrogen-bond acceptors (Lipinski definition) is 4. The molecule has 1 aromatic carbocycles. The van der Waals surface area contributed by atoms with Crippen LogP contribution >= 0.6 is 11.6 Å². The number of halogens is 1. The Morgan fingerprint density at radius 1 is 1.44 bits per heavy atom. The van der Waals surface area contributed by atoms with Crippen LogP contribution in [0.15, 0.2) is 24.3 Å². The molecule has 16 heavy (non-hydrogen) atoms. The average Bonchev–Trinajstić information content (AvgIpc) is 2.28. The number of rotatable bonds is 2. The van der Waals surface area contributed by atoms with Gasteiger partial charge in [0.2, 0.25) is 0 Å². The smallest absolute Gasteiger partial charge is 0.270 e. The first-order chi connectivity index (χ1) is 7.61. The number of fused-ring (bicyclic) bond motifs is 1. The van der Waals surface area contributed by atoms with Gasteiger partial charge in [-0.25, -0.2) is 4.98 Å². The van der Waals surface area contributed by atoms with E-state index in [0.29, 0.717) is 21.7 Å². The number of hydrogen-bond donors (Lipinski definition) is 1. The molecule has 1 N–H and O–H groups in total. The standard InChI is InChI=1S/C10H8ClN3O2/c1-12-10-5-8(11)7-4-6(14(15)16)2-3-9(7)13-10/h2-5H,1H3,(H,12,13). The number of non-ortho nitro benzene ring substituents is 1. The van der Waals surface area contributed by atoms with Gasteiger partial charge >= 0.3 is 0 Å². The van der Waals surface area contributed by atoms with E-state index < -0.39 is 4.92 Å². The minimum Gasteiger partial charge on any atom is -0.373 e. The highest BCUT2D eigenvalue weighted by Gasteiger charge is 2.09. The lowest BCUT2D eigenvalue weighted by atomic mass is 10.2. The van der Waals surface area contributed by atoms with Crippen molar-refractivity contribution in [1.29, 1.82) is 0 Å². The quantitative estimate of drug-likeness (QED) is 0.644. The highest BCUT2D eigenvalue weighted by molar-refractivity contribution is 6.35. The molecule has 1 heterocycles. The first-order valence-corrected chi connectivity index (χ1v) is 4.92. The fourth-order valence-electron chi connectivity index (χ4n) is 1.41. The number of aromatic nitrogens is 1. The van der Waals surface area contributed by atoms with E-state index in [1.165, 1.54) is 12.1 Å². The number of nitrogens with zero attached hydrogens (tertiary/aromatic N) is 2. The second kappa shape index (κ2) is 3.94. The summed E-state index contributed by atoms with van der Waals surface area (Å²) in [5, 5.41) is 14.5. The minimum atomic E-state index is -0.457. The molecule has 0 aliphatic rings. The average molecular weight is 238 g/mol. The van der Waals surface area contributed by atoms with E-state index >= 15 is 0 Å². The first kappa shape index (κ1) is 10.6. The lowest BCUT2D eigenvalue weighted by Crippen LogP contribution is -1.94. The molecule has 0 radical (unpaired) electrons. The number of nitrogens with one attached hydrogen (secondary N) is 1. The molecule has 0 unspecified atom stereocenters. The summed E-state index contributed by atoms with van der Waals surface area (Å²) in [4.78, 5) is 14.4. The van der Waals surface area contributed by atoms with Crippen LogP contribution in [-0.4, -0.2) is 17.0 Å². The van der Waals surface area contributed by atoms with Gasteiger partial charge in [0.25, 0.3) is 5.69 Å². The molecule has 6 heteroatoms. The van der Waals surface area contributed by atoms with Gasteiger partial charge in [-0.2, -0.15) is 0 Å². The molecule has 0 bridgehead atoms. The van der Waals surface area contributed by atoms with Crippen molar-refractivity contribution in [2.45, 2.75) is 0 Å². The van der Waals surface area contributed by atoms with Gasteiger partial charge in [0.05, 0.1) is 15.5 Å². The maximum atomic E-state index is 10.6. The SMILES string of the molecule is CNc1cc(Cl)c2cc([N+](=O)[O-])ccc2n1. The van der Waals surface area contributed by atoms with Crippen LogP contribution in [0.25, 0.3) is 10.9 Å². The summed E-state index contributed by atoms with van der Waals surface area (Å²) in [6, 6.07) is 6.04. The van der Waals surface area contributed by atoms with Gasteiger partial charge < -0.3 is 5.32 Å². The van der Waals surface area contributed by atoms with E-state index in [4.69, 9.17) is 11.6 Å². The first-order valence-electron chi connectivity index (χ1n) is 4.54. The van der Waals surface area contributed by atoms with Gasteiger partial charge in [0.1, 0.15) is 5.82 Å². The number of pyridine rings is 1. The maximum Gasteiger partial charge on any atom is 0.270 e. The van der Waals surface area contributed by atoms with E-state index in [-0.39, 0.29) is 5.69 Å². The Morgan fingerprint density at radius 3 is 2.81 bits per heavy atom. The lowest BCUT2D eigenvalue weighted by molar-refractivity contribution is -0.384. The third-order valence-electron chi connectivity index (χ3n) is 2.21. The Labute approximate surface area is 96.2 Å².